The van der Waals surface area contributed by atoms with E-state index in [-0.39, 0.29) is 11.3 Å². The largest absolute Gasteiger partial charge is 0.573 e. The van der Waals surface area contributed by atoms with Gasteiger partial charge in [0.25, 0.3) is 0 Å². The predicted molar refractivity (Wildman–Crippen MR) is 105 cm³/mol. The summed E-state index contributed by atoms with van der Waals surface area (Å²) in [4.78, 5) is 4.00. The second kappa shape index (κ2) is 9.42. The Hall–Kier alpha value is -3.01. The van der Waals surface area contributed by atoms with Gasteiger partial charge in [0.15, 0.2) is 0 Å². The van der Waals surface area contributed by atoms with E-state index in [0.29, 0.717) is 42.7 Å². The van der Waals surface area contributed by atoms with E-state index in [0.717, 1.165) is 12.1 Å². The highest BCUT2D eigenvalue weighted by atomic mass is 19.4. The first-order chi connectivity index (χ1) is 14.6. The van der Waals surface area contributed by atoms with Crippen LogP contribution in [0.15, 0.2) is 54.7 Å². The third kappa shape index (κ3) is 6.74. The summed E-state index contributed by atoms with van der Waals surface area (Å²) in [5, 5.41) is 6.89. The Morgan fingerprint density at radius 1 is 0.903 bits per heavy atom. The van der Waals surface area contributed by atoms with E-state index in [9.17, 15) is 26.3 Å². The fraction of sp³-hybridized carbons (Fsp3) is 0.286. The number of nitrogens with one attached hydrogen (secondary N) is 2. The van der Waals surface area contributed by atoms with Crippen molar-refractivity contribution in [1.82, 2.24) is 10.3 Å². The molecule has 4 nitrogen and oxygen atoms in total. The van der Waals surface area contributed by atoms with Crippen molar-refractivity contribution in [3.63, 3.8) is 0 Å². The molecular weight excluding hydrogens is 424 g/mol. The molecule has 0 unspecified atom stereocenters. The lowest BCUT2D eigenvalue weighted by Crippen LogP contribution is -2.19. The number of halogens is 6. The molecule has 2 N–H and O–H groups in total. The van der Waals surface area contributed by atoms with Crippen LogP contribution < -0.4 is 15.4 Å². The maximum atomic E-state index is 12.8. The Balaban J connectivity index is 1.47. The van der Waals surface area contributed by atoms with Crippen molar-refractivity contribution < 1.29 is 31.1 Å². The molecule has 0 atom stereocenters. The van der Waals surface area contributed by atoms with Crippen molar-refractivity contribution in [1.29, 1.82) is 0 Å². The number of fused-ring (bicyclic) bond motifs is 1. The first kappa shape index (κ1) is 22.7. The van der Waals surface area contributed by atoms with Crippen LogP contribution in [0, 0.1) is 0 Å². The molecule has 0 saturated carbocycles. The van der Waals surface area contributed by atoms with Crippen LogP contribution in [0.2, 0.25) is 0 Å². The van der Waals surface area contributed by atoms with Gasteiger partial charge in [-0.15, -0.1) is 13.2 Å². The van der Waals surface area contributed by atoms with Gasteiger partial charge in [-0.3, -0.25) is 4.98 Å². The predicted octanol–water partition coefficient (Wildman–Crippen LogP) is 5.74. The van der Waals surface area contributed by atoms with Crippen LogP contribution >= 0.6 is 0 Å². The number of ether oxygens (including phenoxy) is 1. The lowest BCUT2D eigenvalue weighted by molar-refractivity contribution is -0.274. The fourth-order valence-electron chi connectivity index (χ4n) is 3.00. The van der Waals surface area contributed by atoms with Crippen LogP contribution in [0.5, 0.6) is 5.75 Å². The molecule has 0 spiro atoms. The molecule has 0 bridgehead atoms. The van der Waals surface area contributed by atoms with Gasteiger partial charge >= 0.3 is 12.5 Å². The van der Waals surface area contributed by atoms with E-state index in [1.807, 2.05) is 0 Å². The molecule has 3 rings (SSSR count). The monoisotopic (exact) mass is 443 g/mol. The van der Waals surface area contributed by atoms with Crippen molar-refractivity contribution in [3.8, 4) is 5.75 Å². The van der Waals surface area contributed by atoms with Gasteiger partial charge < -0.3 is 15.4 Å². The molecule has 0 aliphatic carbocycles. The normalized spacial score (nSPS) is 12.2. The second-order valence-electron chi connectivity index (χ2n) is 6.74. The maximum absolute atomic E-state index is 12.8. The zero-order valence-electron chi connectivity index (χ0n) is 16.1. The number of hydrogen-bond acceptors (Lipinski definition) is 4. The lowest BCUT2D eigenvalue weighted by Gasteiger charge is -2.12. The van der Waals surface area contributed by atoms with Crippen molar-refractivity contribution in [2.24, 2.45) is 0 Å². The molecular formula is C21H19F6N3O. The van der Waals surface area contributed by atoms with Crippen LogP contribution in [0.1, 0.15) is 17.5 Å². The Labute approximate surface area is 174 Å². The zero-order chi connectivity index (χ0) is 22.5. The van der Waals surface area contributed by atoms with E-state index in [1.165, 1.54) is 30.5 Å². The molecule has 31 heavy (non-hydrogen) atoms. The Morgan fingerprint density at radius 3 is 2.45 bits per heavy atom. The second-order valence-corrected chi connectivity index (χ2v) is 6.74. The van der Waals surface area contributed by atoms with Crippen LogP contribution in [-0.2, 0) is 12.7 Å². The van der Waals surface area contributed by atoms with E-state index < -0.39 is 18.1 Å². The molecule has 0 saturated heterocycles. The highest BCUT2D eigenvalue weighted by Crippen LogP contribution is 2.32. The molecule has 0 aliphatic rings. The third-order valence-corrected chi connectivity index (χ3v) is 4.38. The van der Waals surface area contributed by atoms with Crippen LogP contribution in [-0.4, -0.2) is 24.4 Å². The molecule has 1 heterocycles. The van der Waals surface area contributed by atoms with Crippen LogP contribution in [0.3, 0.4) is 0 Å². The number of alkyl halides is 6. The molecule has 0 radical (unpaired) electrons. The molecule has 0 fully saturated rings. The quantitative estimate of drug-likeness (QED) is 0.344. The standard InChI is InChI=1S/C21H19F6N3O/c22-20(23,24)15-5-6-17-18(7-10-30-19(17)12-15)29-9-2-8-28-13-14-3-1-4-16(11-14)31-21(25,26)27/h1,3-7,10-12,28H,2,8-9,13H2,(H,29,30). The minimum absolute atomic E-state index is 0.249. The van der Waals surface area contributed by atoms with Gasteiger partial charge in [0.2, 0.25) is 0 Å². The summed E-state index contributed by atoms with van der Waals surface area (Å²) in [5.74, 6) is -0.272. The Morgan fingerprint density at radius 2 is 1.71 bits per heavy atom. The molecule has 0 aliphatic heterocycles. The van der Waals surface area contributed by atoms with Crippen molar-refractivity contribution in [2.45, 2.75) is 25.5 Å². The average Bonchev–Trinajstić information content (AvgIpc) is 2.68. The summed E-state index contributed by atoms with van der Waals surface area (Å²) in [7, 11) is 0. The highest BCUT2D eigenvalue weighted by Gasteiger charge is 2.31. The number of anilines is 1. The smallest absolute Gasteiger partial charge is 0.406 e. The summed E-state index contributed by atoms with van der Waals surface area (Å²) in [6.45, 7) is 1.50. The molecule has 3 aromatic rings. The number of pyridine rings is 1. The highest BCUT2D eigenvalue weighted by molar-refractivity contribution is 5.91. The summed E-state index contributed by atoms with van der Waals surface area (Å²) in [6, 6.07) is 10.8. The van der Waals surface area contributed by atoms with E-state index in [4.69, 9.17) is 0 Å². The van der Waals surface area contributed by atoms with Gasteiger partial charge in [0.1, 0.15) is 5.75 Å². The maximum Gasteiger partial charge on any atom is 0.573 e. The average molecular weight is 443 g/mol. The summed E-state index contributed by atoms with van der Waals surface area (Å²) in [6.07, 6.45) is -7.03. The molecule has 10 heteroatoms. The van der Waals surface area contributed by atoms with Gasteiger partial charge in [0.05, 0.1) is 11.1 Å². The fourth-order valence-corrected chi connectivity index (χ4v) is 3.00. The molecule has 166 valence electrons. The van der Waals surface area contributed by atoms with Gasteiger partial charge in [-0.05, 0) is 48.9 Å². The molecule has 1 aromatic heterocycles. The number of hydrogen-bond donors (Lipinski definition) is 2. The Kier molecular flexibility index (Phi) is 6.89. The van der Waals surface area contributed by atoms with Crippen LogP contribution in [0.25, 0.3) is 10.9 Å². The van der Waals surface area contributed by atoms with Crippen molar-refractivity contribution in [3.05, 3.63) is 65.9 Å². The van der Waals surface area contributed by atoms with Crippen LogP contribution in [0.4, 0.5) is 32.0 Å². The minimum Gasteiger partial charge on any atom is -0.406 e. The number of rotatable bonds is 8. The summed E-state index contributed by atoms with van der Waals surface area (Å²) in [5.41, 5.74) is 0.823. The summed E-state index contributed by atoms with van der Waals surface area (Å²) >= 11 is 0. The first-order valence-electron chi connectivity index (χ1n) is 9.37. The number of benzene rings is 2. The summed E-state index contributed by atoms with van der Waals surface area (Å²) < 4.78 is 79.3. The van der Waals surface area contributed by atoms with Gasteiger partial charge in [0, 0.05) is 30.4 Å². The first-order valence-corrected chi connectivity index (χ1v) is 9.37. The Bertz CT molecular complexity index is 1020. The van der Waals surface area contributed by atoms with Crippen molar-refractivity contribution in [2.75, 3.05) is 18.4 Å². The zero-order valence-corrected chi connectivity index (χ0v) is 16.1. The number of nitrogens with zero attached hydrogens (tertiary/aromatic N) is 1. The van der Waals surface area contributed by atoms with Crippen molar-refractivity contribution >= 4 is 16.6 Å². The SMILES string of the molecule is FC(F)(F)Oc1cccc(CNCCCNc2ccnc3cc(C(F)(F)F)ccc23)c1. The third-order valence-electron chi connectivity index (χ3n) is 4.38. The van der Waals surface area contributed by atoms with Gasteiger partial charge in [-0.2, -0.15) is 13.2 Å². The van der Waals surface area contributed by atoms with E-state index in [1.54, 1.807) is 12.1 Å². The van der Waals surface area contributed by atoms with E-state index >= 15 is 0 Å². The lowest BCUT2D eigenvalue weighted by atomic mass is 10.1. The van der Waals surface area contributed by atoms with Gasteiger partial charge in [-0.1, -0.05) is 18.2 Å². The topological polar surface area (TPSA) is 46.2 Å². The molecule has 2 aromatic carbocycles. The number of aromatic nitrogens is 1. The minimum atomic E-state index is -4.73. The van der Waals surface area contributed by atoms with Gasteiger partial charge in [-0.25, -0.2) is 0 Å². The molecule has 0 amide bonds. The van der Waals surface area contributed by atoms with E-state index in [2.05, 4.69) is 20.4 Å².